The van der Waals surface area contributed by atoms with Crippen molar-refractivity contribution < 1.29 is 4.74 Å². The SMILES string of the molecule is CNC(C)c1nc(-c2cc(C(C)(C)C)ccc2OC)cs1. The minimum Gasteiger partial charge on any atom is -0.496 e. The topological polar surface area (TPSA) is 34.2 Å². The minimum absolute atomic E-state index is 0.109. The minimum atomic E-state index is 0.109. The van der Waals surface area contributed by atoms with Crippen LogP contribution in [-0.2, 0) is 5.41 Å². The van der Waals surface area contributed by atoms with Gasteiger partial charge in [-0.05, 0) is 37.1 Å². The molecule has 1 unspecified atom stereocenters. The molecule has 2 rings (SSSR count). The fourth-order valence-electron chi connectivity index (χ4n) is 2.11. The molecule has 0 bridgehead atoms. The number of ether oxygens (including phenoxy) is 1. The third kappa shape index (κ3) is 3.44. The molecule has 1 aromatic carbocycles. The molecule has 21 heavy (non-hydrogen) atoms. The summed E-state index contributed by atoms with van der Waals surface area (Å²) in [6.45, 7) is 8.77. The first-order chi connectivity index (χ1) is 9.86. The third-order valence-corrected chi connectivity index (χ3v) is 4.69. The van der Waals surface area contributed by atoms with Gasteiger partial charge >= 0.3 is 0 Å². The molecule has 114 valence electrons. The van der Waals surface area contributed by atoms with Gasteiger partial charge < -0.3 is 10.1 Å². The Labute approximate surface area is 131 Å². The number of benzene rings is 1. The van der Waals surface area contributed by atoms with Crippen LogP contribution in [0.15, 0.2) is 23.6 Å². The summed E-state index contributed by atoms with van der Waals surface area (Å²) in [6.07, 6.45) is 0. The molecular formula is C17H24N2OS. The van der Waals surface area contributed by atoms with Crippen LogP contribution in [0.4, 0.5) is 0 Å². The average molecular weight is 304 g/mol. The van der Waals surface area contributed by atoms with E-state index in [1.165, 1.54) is 5.56 Å². The number of hydrogen-bond donors (Lipinski definition) is 1. The van der Waals surface area contributed by atoms with Gasteiger partial charge in [-0.3, -0.25) is 0 Å². The zero-order valence-electron chi connectivity index (χ0n) is 13.7. The van der Waals surface area contributed by atoms with Crippen molar-refractivity contribution in [3.63, 3.8) is 0 Å². The Morgan fingerprint density at radius 1 is 1.29 bits per heavy atom. The van der Waals surface area contributed by atoms with Crippen LogP contribution >= 0.6 is 11.3 Å². The molecule has 0 amide bonds. The molecule has 2 aromatic rings. The van der Waals surface area contributed by atoms with Gasteiger partial charge in [0.1, 0.15) is 10.8 Å². The molecule has 0 aliphatic heterocycles. The van der Waals surface area contributed by atoms with Gasteiger partial charge in [0.25, 0.3) is 0 Å². The van der Waals surface area contributed by atoms with E-state index in [0.717, 1.165) is 22.0 Å². The van der Waals surface area contributed by atoms with E-state index in [2.05, 4.69) is 50.5 Å². The first kappa shape index (κ1) is 16.0. The van der Waals surface area contributed by atoms with Gasteiger partial charge in [0.2, 0.25) is 0 Å². The van der Waals surface area contributed by atoms with Gasteiger partial charge in [-0.15, -0.1) is 11.3 Å². The Balaban J connectivity index is 2.48. The summed E-state index contributed by atoms with van der Waals surface area (Å²) in [5.41, 5.74) is 3.45. The van der Waals surface area contributed by atoms with E-state index in [0.29, 0.717) is 0 Å². The molecular weight excluding hydrogens is 280 g/mol. The Bertz CT molecular complexity index is 613. The monoisotopic (exact) mass is 304 g/mol. The fraction of sp³-hybridized carbons (Fsp3) is 0.471. The molecule has 4 heteroatoms. The lowest BCUT2D eigenvalue weighted by atomic mass is 9.86. The zero-order chi connectivity index (χ0) is 15.6. The predicted octanol–water partition coefficient (Wildman–Crippen LogP) is 4.40. The number of rotatable bonds is 4. The number of nitrogens with zero attached hydrogens (tertiary/aromatic N) is 1. The maximum absolute atomic E-state index is 5.51. The number of nitrogens with one attached hydrogen (secondary N) is 1. The summed E-state index contributed by atoms with van der Waals surface area (Å²) < 4.78 is 5.51. The second kappa shape index (κ2) is 6.16. The quantitative estimate of drug-likeness (QED) is 0.909. The van der Waals surface area contributed by atoms with Crippen LogP contribution in [-0.4, -0.2) is 19.1 Å². The van der Waals surface area contributed by atoms with Crippen molar-refractivity contribution in [2.24, 2.45) is 0 Å². The second-order valence-electron chi connectivity index (χ2n) is 6.25. The maximum Gasteiger partial charge on any atom is 0.128 e. The van der Waals surface area contributed by atoms with Crippen molar-refractivity contribution in [2.75, 3.05) is 14.2 Å². The van der Waals surface area contributed by atoms with E-state index < -0.39 is 0 Å². The van der Waals surface area contributed by atoms with Gasteiger partial charge in [0, 0.05) is 10.9 Å². The van der Waals surface area contributed by atoms with Crippen LogP contribution in [0.3, 0.4) is 0 Å². The molecule has 0 fully saturated rings. The van der Waals surface area contributed by atoms with Crippen LogP contribution in [0.1, 0.15) is 44.3 Å². The molecule has 0 spiro atoms. The molecule has 1 aromatic heterocycles. The van der Waals surface area contributed by atoms with E-state index in [1.807, 2.05) is 13.1 Å². The van der Waals surface area contributed by atoms with Crippen molar-refractivity contribution in [2.45, 2.75) is 39.2 Å². The van der Waals surface area contributed by atoms with Crippen LogP contribution in [0.2, 0.25) is 0 Å². The summed E-state index contributed by atoms with van der Waals surface area (Å²) in [6, 6.07) is 6.63. The van der Waals surface area contributed by atoms with E-state index in [-0.39, 0.29) is 11.5 Å². The van der Waals surface area contributed by atoms with Crippen molar-refractivity contribution in [3.8, 4) is 17.0 Å². The second-order valence-corrected chi connectivity index (χ2v) is 7.14. The number of thiazole rings is 1. The molecule has 0 saturated heterocycles. The van der Waals surface area contributed by atoms with Crippen LogP contribution in [0, 0.1) is 0 Å². The smallest absolute Gasteiger partial charge is 0.128 e. The molecule has 1 N–H and O–H groups in total. The Morgan fingerprint density at radius 3 is 2.57 bits per heavy atom. The number of methoxy groups -OCH3 is 1. The fourth-order valence-corrected chi connectivity index (χ4v) is 2.99. The summed E-state index contributed by atoms with van der Waals surface area (Å²) in [5.74, 6) is 0.872. The standard InChI is InChI=1S/C17H24N2OS/c1-11(18-5)16-19-14(10-21-16)13-9-12(17(2,3)4)7-8-15(13)20-6/h7-11,18H,1-6H3. The maximum atomic E-state index is 5.51. The van der Waals surface area contributed by atoms with Gasteiger partial charge in [0.15, 0.2) is 0 Å². The van der Waals surface area contributed by atoms with E-state index in [4.69, 9.17) is 9.72 Å². The molecule has 0 aliphatic rings. The molecule has 1 atom stereocenters. The lowest BCUT2D eigenvalue weighted by Crippen LogP contribution is -2.12. The summed E-state index contributed by atoms with van der Waals surface area (Å²) in [5, 5.41) is 6.42. The van der Waals surface area contributed by atoms with Crippen LogP contribution < -0.4 is 10.1 Å². The molecule has 0 saturated carbocycles. The summed E-state index contributed by atoms with van der Waals surface area (Å²) in [7, 11) is 3.66. The van der Waals surface area contributed by atoms with Crippen LogP contribution in [0.25, 0.3) is 11.3 Å². The highest BCUT2D eigenvalue weighted by atomic mass is 32.1. The highest BCUT2D eigenvalue weighted by Crippen LogP contribution is 2.35. The third-order valence-electron chi connectivity index (χ3n) is 3.67. The van der Waals surface area contributed by atoms with Crippen LogP contribution in [0.5, 0.6) is 5.75 Å². The van der Waals surface area contributed by atoms with E-state index >= 15 is 0 Å². The van der Waals surface area contributed by atoms with Crippen molar-refractivity contribution >= 4 is 11.3 Å². The van der Waals surface area contributed by atoms with Gasteiger partial charge in [-0.1, -0.05) is 26.8 Å². The molecule has 1 heterocycles. The average Bonchev–Trinajstić information content (AvgIpc) is 2.94. The lowest BCUT2D eigenvalue weighted by molar-refractivity contribution is 0.415. The molecule has 0 aliphatic carbocycles. The lowest BCUT2D eigenvalue weighted by Gasteiger charge is -2.20. The van der Waals surface area contributed by atoms with Gasteiger partial charge in [-0.25, -0.2) is 4.98 Å². The number of hydrogen-bond acceptors (Lipinski definition) is 4. The van der Waals surface area contributed by atoms with Crippen molar-refractivity contribution in [1.29, 1.82) is 0 Å². The highest BCUT2D eigenvalue weighted by molar-refractivity contribution is 7.10. The van der Waals surface area contributed by atoms with Gasteiger partial charge in [0.05, 0.1) is 18.8 Å². The van der Waals surface area contributed by atoms with Crippen molar-refractivity contribution in [1.82, 2.24) is 10.3 Å². The Morgan fingerprint density at radius 2 is 2.00 bits per heavy atom. The molecule has 3 nitrogen and oxygen atoms in total. The Kier molecular flexibility index (Phi) is 4.69. The first-order valence-corrected chi connectivity index (χ1v) is 8.06. The molecule has 0 radical (unpaired) electrons. The van der Waals surface area contributed by atoms with E-state index in [9.17, 15) is 0 Å². The normalized spacial score (nSPS) is 13.2. The predicted molar refractivity (Wildman–Crippen MR) is 90.3 cm³/mol. The van der Waals surface area contributed by atoms with Crippen molar-refractivity contribution in [3.05, 3.63) is 34.2 Å². The summed E-state index contributed by atoms with van der Waals surface area (Å²) >= 11 is 1.68. The summed E-state index contributed by atoms with van der Waals surface area (Å²) in [4.78, 5) is 4.76. The first-order valence-electron chi connectivity index (χ1n) is 7.18. The zero-order valence-corrected chi connectivity index (χ0v) is 14.5. The van der Waals surface area contributed by atoms with E-state index in [1.54, 1.807) is 18.4 Å². The highest BCUT2D eigenvalue weighted by Gasteiger charge is 2.18. The number of aromatic nitrogens is 1. The largest absolute Gasteiger partial charge is 0.496 e. The van der Waals surface area contributed by atoms with Gasteiger partial charge in [-0.2, -0.15) is 0 Å². The Hall–Kier alpha value is -1.39.